The molecule has 2 nitrogen and oxygen atoms in total. The highest BCUT2D eigenvalue weighted by Gasteiger charge is 1.89. The Hall–Kier alpha value is -0.0800. The van der Waals surface area contributed by atoms with Crippen molar-refractivity contribution in [2.45, 2.75) is 19.3 Å². The molecule has 0 rings (SSSR count). The van der Waals surface area contributed by atoms with Gasteiger partial charge in [-0.15, -0.1) is 0 Å². The average molecular weight is 143 g/mol. The van der Waals surface area contributed by atoms with E-state index < -0.39 is 0 Å². The molecule has 0 saturated carbocycles. The minimum absolute atomic E-state index is 1.04. The maximum Gasteiger partial charge on any atom is 0.0130 e. The van der Waals surface area contributed by atoms with Crippen LogP contribution >= 0.6 is 0 Å². The molecule has 10 heavy (non-hydrogen) atoms. The second-order valence-corrected chi connectivity index (χ2v) is 2.90. The van der Waals surface area contributed by atoms with Crippen LogP contribution < -0.4 is 5.32 Å². The van der Waals surface area contributed by atoms with Crippen molar-refractivity contribution < 1.29 is 0 Å². The van der Waals surface area contributed by atoms with Gasteiger partial charge in [-0.2, -0.15) is 0 Å². The summed E-state index contributed by atoms with van der Waals surface area (Å²) in [6.07, 6.45) is 3.88. The fourth-order valence-electron chi connectivity index (χ4n) is 0.875. The molecule has 0 aromatic rings. The van der Waals surface area contributed by atoms with Gasteiger partial charge in [0.2, 0.25) is 0 Å². The summed E-state index contributed by atoms with van der Waals surface area (Å²) in [5.41, 5.74) is 0. The van der Waals surface area contributed by atoms with E-state index in [9.17, 15) is 0 Å². The van der Waals surface area contributed by atoms with Gasteiger partial charge in [0.25, 0.3) is 0 Å². The first-order valence-electron chi connectivity index (χ1n) is 3.97. The third-order valence-corrected chi connectivity index (χ3v) is 1.49. The zero-order chi connectivity index (χ0) is 7.82. The van der Waals surface area contributed by atoms with E-state index in [1.54, 1.807) is 0 Å². The van der Waals surface area contributed by atoms with E-state index in [0.29, 0.717) is 0 Å². The Morgan fingerprint density at radius 3 is 2.30 bits per heavy atom. The summed E-state index contributed by atoms with van der Waals surface area (Å²) < 4.78 is 0. The van der Waals surface area contributed by atoms with E-state index in [2.05, 4.69) is 24.3 Å². The first-order valence-corrected chi connectivity index (χ1v) is 3.97. The van der Waals surface area contributed by atoms with Crippen LogP contribution in [0.25, 0.3) is 0 Å². The second-order valence-electron chi connectivity index (χ2n) is 2.90. The minimum atomic E-state index is 1.04. The topological polar surface area (TPSA) is 17.3 Å². The molecule has 2 heteroatoms. The van der Waals surface area contributed by atoms with Crippen LogP contribution in [0.15, 0.2) is 0 Å². The molecule has 0 atom stereocenters. The summed E-state index contributed by atoms with van der Waals surface area (Å²) in [5.74, 6) is 0. The van der Waals surface area contributed by atoms with Crippen LogP contribution in [0, 0.1) is 0 Å². The van der Waals surface area contributed by atoms with Crippen molar-refractivity contribution in [1.29, 1.82) is 0 Å². The van der Waals surface area contributed by atoms with Gasteiger partial charge in [-0.25, -0.2) is 5.32 Å². The second kappa shape index (κ2) is 7.03. The van der Waals surface area contributed by atoms with Crippen LogP contribution in [-0.4, -0.2) is 39.1 Å². The molecule has 0 saturated heterocycles. The van der Waals surface area contributed by atoms with E-state index >= 15 is 0 Å². The lowest BCUT2D eigenvalue weighted by atomic mass is 10.2. The van der Waals surface area contributed by atoms with E-state index in [1.165, 1.54) is 25.8 Å². The van der Waals surface area contributed by atoms with Gasteiger partial charge in [-0.3, -0.25) is 0 Å². The number of nitrogens with zero attached hydrogens (tertiary/aromatic N) is 2. The number of hydrogen-bond acceptors (Lipinski definition) is 1. The molecule has 0 aromatic carbocycles. The van der Waals surface area contributed by atoms with Gasteiger partial charge in [-0.1, -0.05) is 6.42 Å². The maximum absolute atomic E-state index is 4.04. The van der Waals surface area contributed by atoms with Crippen molar-refractivity contribution >= 4 is 0 Å². The highest BCUT2D eigenvalue weighted by Crippen LogP contribution is 1.94. The summed E-state index contributed by atoms with van der Waals surface area (Å²) >= 11 is 0. The van der Waals surface area contributed by atoms with Crippen molar-refractivity contribution in [2.75, 3.05) is 34.2 Å². The lowest BCUT2D eigenvalue weighted by Gasteiger charge is -2.07. The predicted octanol–water partition coefficient (Wildman–Crippen LogP) is 0.952. The Morgan fingerprint density at radius 1 is 1.10 bits per heavy atom. The molecule has 0 aliphatic heterocycles. The van der Waals surface area contributed by atoms with Crippen LogP contribution in [0.4, 0.5) is 0 Å². The smallest absolute Gasteiger partial charge is 0.0130 e. The first-order chi connectivity index (χ1) is 4.77. The summed E-state index contributed by atoms with van der Waals surface area (Å²) in [5, 5.41) is 4.04. The molecule has 0 N–H and O–H groups in total. The van der Waals surface area contributed by atoms with Gasteiger partial charge >= 0.3 is 0 Å². The van der Waals surface area contributed by atoms with Gasteiger partial charge in [0.15, 0.2) is 0 Å². The van der Waals surface area contributed by atoms with Crippen molar-refractivity contribution in [2.24, 2.45) is 0 Å². The maximum atomic E-state index is 4.04. The summed E-state index contributed by atoms with van der Waals surface area (Å²) in [4.78, 5) is 2.23. The van der Waals surface area contributed by atoms with E-state index in [1.807, 2.05) is 7.05 Å². The Kier molecular flexibility index (Phi) is 6.98. The van der Waals surface area contributed by atoms with Gasteiger partial charge < -0.3 is 4.90 Å². The molecule has 0 unspecified atom stereocenters. The zero-order valence-electron chi connectivity index (χ0n) is 7.43. The molecule has 0 heterocycles. The molecule has 0 aromatic heterocycles. The monoisotopic (exact) mass is 143 g/mol. The van der Waals surface area contributed by atoms with Crippen molar-refractivity contribution in [3.8, 4) is 0 Å². The van der Waals surface area contributed by atoms with E-state index in [4.69, 9.17) is 0 Å². The Morgan fingerprint density at radius 2 is 1.80 bits per heavy atom. The molecule has 0 aliphatic carbocycles. The van der Waals surface area contributed by atoms with Crippen LogP contribution in [-0.2, 0) is 0 Å². The van der Waals surface area contributed by atoms with E-state index in [0.717, 1.165) is 6.54 Å². The summed E-state index contributed by atoms with van der Waals surface area (Å²) in [7, 11) is 6.11. The zero-order valence-corrected chi connectivity index (χ0v) is 7.43. The van der Waals surface area contributed by atoms with Crippen molar-refractivity contribution in [1.82, 2.24) is 10.2 Å². The Labute approximate surface area is 64.6 Å². The SMILES string of the molecule is C[N]CCCCCN(C)C. The van der Waals surface area contributed by atoms with Crippen LogP contribution in [0.1, 0.15) is 19.3 Å². The first kappa shape index (κ1) is 9.92. The number of rotatable bonds is 6. The van der Waals surface area contributed by atoms with Gasteiger partial charge in [0, 0.05) is 13.6 Å². The molecular formula is C8H19N2. The van der Waals surface area contributed by atoms with Crippen LogP contribution in [0.3, 0.4) is 0 Å². The molecular weight excluding hydrogens is 124 g/mol. The van der Waals surface area contributed by atoms with E-state index in [-0.39, 0.29) is 0 Å². The molecule has 0 aliphatic rings. The quantitative estimate of drug-likeness (QED) is 0.506. The number of unbranched alkanes of at least 4 members (excludes halogenated alkanes) is 2. The van der Waals surface area contributed by atoms with Crippen LogP contribution in [0.5, 0.6) is 0 Å². The standard InChI is InChI=1S/C8H19N2/c1-9-7-5-4-6-8-10(2)3/h4-8H2,1-3H3. The molecule has 0 amide bonds. The van der Waals surface area contributed by atoms with Crippen molar-refractivity contribution in [3.05, 3.63) is 0 Å². The molecule has 61 valence electrons. The fraction of sp³-hybridized carbons (Fsp3) is 1.00. The van der Waals surface area contributed by atoms with Crippen LogP contribution in [0.2, 0.25) is 0 Å². The highest BCUT2D eigenvalue weighted by atomic mass is 15.0. The summed E-state index contributed by atoms with van der Waals surface area (Å²) in [6.45, 7) is 2.25. The third-order valence-electron chi connectivity index (χ3n) is 1.49. The minimum Gasteiger partial charge on any atom is -0.309 e. The largest absolute Gasteiger partial charge is 0.309 e. The van der Waals surface area contributed by atoms with Gasteiger partial charge in [-0.05, 0) is 33.5 Å². The van der Waals surface area contributed by atoms with Gasteiger partial charge in [0.1, 0.15) is 0 Å². The lowest BCUT2D eigenvalue weighted by Crippen LogP contribution is -2.13. The van der Waals surface area contributed by atoms with Crippen molar-refractivity contribution in [3.63, 3.8) is 0 Å². The highest BCUT2D eigenvalue weighted by molar-refractivity contribution is 4.47. The van der Waals surface area contributed by atoms with Gasteiger partial charge in [0.05, 0.1) is 0 Å². The Balaban J connectivity index is 2.77. The Bertz CT molecular complexity index is 62.3. The molecule has 0 spiro atoms. The summed E-state index contributed by atoms with van der Waals surface area (Å²) in [6, 6.07) is 0. The average Bonchev–Trinajstić information content (AvgIpc) is 1.87. The fourth-order valence-corrected chi connectivity index (χ4v) is 0.875. The normalized spacial score (nSPS) is 10.8. The molecule has 0 fully saturated rings. The lowest BCUT2D eigenvalue weighted by molar-refractivity contribution is 0.391. The predicted molar refractivity (Wildman–Crippen MR) is 45.3 cm³/mol. The third kappa shape index (κ3) is 7.92. The molecule has 1 radical (unpaired) electrons. The number of hydrogen-bond donors (Lipinski definition) is 0. The molecule has 0 bridgehead atoms.